The lowest BCUT2D eigenvalue weighted by Gasteiger charge is -2.30. The molecule has 0 bridgehead atoms. The molecule has 2 heterocycles. The molecule has 2 aromatic rings. The molecule has 1 saturated heterocycles. The molecule has 0 saturated carbocycles. The Kier molecular flexibility index (Phi) is 7.06. The van der Waals surface area contributed by atoms with Gasteiger partial charge in [0.1, 0.15) is 12.4 Å². The Morgan fingerprint density at radius 1 is 1.19 bits per heavy atom. The van der Waals surface area contributed by atoms with Crippen molar-refractivity contribution in [1.82, 2.24) is 25.2 Å². The number of aryl methyl sites for hydroxylation is 1. The maximum Gasteiger partial charge on any atom is 0.276 e. The van der Waals surface area contributed by atoms with Crippen molar-refractivity contribution in [3.63, 3.8) is 0 Å². The third-order valence-electron chi connectivity index (χ3n) is 5.76. The molecule has 8 nitrogen and oxygen atoms in total. The molecule has 2 amide bonds. The summed E-state index contributed by atoms with van der Waals surface area (Å²) in [5.74, 6) is -0.836. The molecule has 1 N–H and O–H groups in total. The molecule has 32 heavy (non-hydrogen) atoms. The number of rotatable bonds is 6. The van der Waals surface area contributed by atoms with Crippen molar-refractivity contribution < 1.29 is 18.8 Å². The van der Waals surface area contributed by atoms with Gasteiger partial charge in [0.15, 0.2) is 11.5 Å². The van der Waals surface area contributed by atoms with Crippen molar-refractivity contribution in [2.24, 2.45) is 11.3 Å². The van der Waals surface area contributed by atoms with E-state index < -0.39 is 5.41 Å². The van der Waals surface area contributed by atoms with Gasteiger partial charge in [0.2, 0.25) is 5.91 Å². The average molecular weight is 444 g/mol. The van der Waals surface area contributed by atoms with E-state index in [0.29, 0.717) is 37.1 Å². The Morgan fingerprint density at radius 2 is 1.88 bits per heavy atom. The molecule has 1 aliphatic heterocycles. The van der Waals surface area contributed by atoms with E-state index in [1.165, 1.54) is 16.9 Å². The quantitative estimate of drug-likeness (QED) is 0.740. The van der Waals surface area contributed by atoms with E-state index in [9.17, 15) is 18.8 Å². The van der Waals surface area contributed by atoms with Crippen LogP contribution in [0.3, 0.4) is 0 Å². The zero-order chi connectivity index (χ0) is 23.5. The Balaban J connectivity index is 1.48. The van der Waals surface area contributed by atoms with Gasteiger partial charge in [-0.25, -0.2) is 9.07 Å². The summed E-state index contributed by atoms with van der Waals surface area (Å²) in [5, 5.41) is 10.7. The number of ketones is 1. The van der Waals surface area contributed by atoms with Gasteiger partial charge < -0.3 is 10.2 Å². The minimum absolute atomic E-state index is 0.00148. The van der Waals surface area contributed by atoms with Gasteiger partial charge >= 0.3 is 0 Å². The summed E-state index contributed by atoms with van der Waals surface area (Å²) >= 11 is 0. The van der Waals surface area contributed by atoms with E-state index in [0.717, 1.165) is 0 Å². The van der Waals surface area contributed by atoms with Crippen LogP contribution >= 0.6 is 0 Å². The van der Waals surface area contributed by atoms with Gasteiger partial charge in [-0.1, -0.05) is 38.1 Å². The van der Waals surface area contributed by atoms with E-state index in [1.54, 1.807) is 24.0 Å². The van der Waals surface area contributed by atoms with Crippen LogP contribution in [0.2, 0.25) is 0 Å². The van der Waals surface area contributed by atoms with Crippen molar-refractivity contribution in [2.45, 2.75) is 53.6 Å². The summed E-state index contributed by atoms with van der Waals surface area (Å²) < 4.78 is 15.0. The van der Waals surface area contributed by atoms with Gasteiger partial charge in [-0.2, -0.15) is 0 Å². The lowest BCUT2D eigenvalue weighted by Crippen LogP contribution is -2.43. The average Bonchev–Trinajstić information content (AvgIpc) is 3.21. The Labute approximate surface area is 187 Å². The number of carbonyl (C=O) groups excluding carboxylic acids is 3. The third kappa shape index (κ3) is 5.77. The van der Waals surface area contributed by atoms with E-state index in [4.69, 9.17) is 0 Å². The second kappa shape index (κ2) is 9.58. The second-order valence-electron chi connectivity index (χ2n) is 9.34. The number of nitrogens with one attached hydrogen (secondary N) is 1. The Hall–Kier alpha value is -3.10. The Morgan fingerprint density at radius 3 is 2.50 bits per heavy atom. The molecule has 0 atom stereocenters. The maximum atomic E-state index is 13.7. The molecule has 1 aromatic carbocycles. The van der Waals surface area contributed by atoms with Gasteiger partial charge in [0, 0.05) is 31.0 Å². The fourth-order valence-corrected chi connectivity index (χ4v) is 3.44. The zero-order valence-corrected chi connectivity index (χ0v) is 19.0. The molecular formula is C23H30FN5O3. The van der Waals surface area contributed by atoms with E-state index >= 15 is 0 Å². The normalized spacial score (nSPS) is 15.0. The van der Waals surface area contributed by atoms with Crippen molar-refractivity contribution in [1.29, 1.82) is 0 Å². The molecule has 0 radical (unpaired) electrons. The minimum atomic E-state index is -0.494. The predicted octanol–water partition coefficient (Wildman–Crippen LogP) is 2.51. The fourth-order valence-electron chi connectivity index (χ4n) is 3.44. The largest absolute Gasteiger partial charge is 0.352 e. The van der Waals surface area contributed by atoms with E-state index in [1.807, 2.05) is 20.8 Å². The van der Waals surface area contributed by atoms with Crippen LogP contribution in [0.4, 0.5) is 4.39 Å². The monoisotopic (exact) mass is 443 g/mol. The first kappa shape index (κ1) is 23.6. The number of benzene rings is 1. The number of Topliss-reactive ketones (excluding diaryl/α,β-unsaturated/α-hetero) is 1. The summed E-state index contributed by atoms with van der Waals surface area (Å²) in [6.45, 7) is 8.39. The maximum absolute atomic E-state index is 13.7. The van der Waals surface area contributed by atoms with Crippen molar-refractivity contribution in [3.05, 3.63) is 47.0 Å². The van der Waals surface area contributed by atoms with Gasteiger partial charge in [0.25, 0.3) is 5.91 Å². The number of nitrogens with zero attached hydrogens (tertiary/aromatic N) is 4. The summed E-state index contributed by atoms with van der Waals surface area (Å²) in [7, 11) is 0. The van der Waals surface area contributed by atoms with E-state index in [2.05, 4.69) is 15.6 Å². The smallest absolute Gasteiger partial charge is 0.276 e. The molecule has 172 valence electrons. The van der Waals surface area contributed by atoms with Crippen LogP contribution < -0.4 is 5.32 Å². The highest BCUT2D eigenvalue weighted by Crippen LogP contribution is 2.20. The van der Waals surface area contributed by atoms with Crippen molar-refractivity contribution >= 4 is 17.6 Å². The van der Waals surface area contributed by atoms with Crippen LogP contribution in [-0.2, 0) is 22.7 Å². The lowest BCUT2D eigenvalue weighted by atomic mass is 9.91. The minimum Gasteiger partial charge on any atom is -0.352 e. The van der Waals surface area contributed by atoms with Gasteiger partial charge in [-0.15, -0.1) is 5.10 Å². The number of halogens is 1. The number of carbonyl (C=O) groups is 3. The van der Waals surface area contributed by atoms with Gasteiger partial charge in [-0.3, -0.25) is 14.4 Å². The van der Waals surface area contributed by atoms with Crippen LogP contribution in [0.25, 0.3) is 0 Å². The number of amides is 2. The standard InChI is InChI=1S/C23H30FN5O3/c1-15-5-6-16(11-18(15)24)12-25-21(31)17-7-9-28(10-8-17)22(32)19-13-29(27-26-19)14-20(30)23(2,3)4/h5-6,11,13,17H,7-10,12,14H2,1-4H3,(H,25,31). The molecule has 0 unspecified atom stereocenters. The summed E-state index contributed by atoms with van der Waals surface area (Å²) in [4.78, 5) is 39.0. The first-order chi connectivity index (χ1) is 15.0. The van der Waals surface area contributed by atoms with Crippen molar-refractivity contribution in [3.8, 4) is 0 Å². The zero-order valence-electron chi connectivity index (χ0n) is 19.0. The van der Waals surface area contributed by atoms with Gasteiger partial charge in [0.05, 0.1) is 6.20 Å². The SMILES string of the molecule is Cc1ccc(CNC(=O)C2CCN(C(=O)c3cn(CC(=O)C(C)(C)C)nn3)CC2)cc1F. The first-order valence-corrected chi connectivity index (χ1v) is 10.8. The molecule has 1 aliphatic rings. The topological polar surface area (TPSA) is 97.2 Å². The Bertz CT molecular complexity index is 1000. The number of hydrogen-bond donors (Lipinski definition) is 1. The third-order valence-corrected chi connectivity index (χ3v) is 5.76. The molecule has 3 rings (SSSR count). The molecular weight excluding hydrogens is 413 g/mol. The number of hydrogen-bond acceptors (Lipinski definition) is 5. The van der Waals surface area contributed by atoms with Crippen LogP contribution in [0.1, 0.15) is 55.2 Å². The molecule has 1 aromatic heterocycles. The molecule has 0 spiro atoms. The van der Waals surface area contributed by atoms with Crippen molar-refractivity contribution in [2.75, 3.05) is 13.1 Å². The summed E-state index contributed by atoms with van der Waals surface area (Å²) in [6.07, 6.45) is 2.57. The molecule has 0 aliphatic carbocycles. The summed E-state index contributed by atoms with van der Waals surface area (Å²) in [6, 6.07) is 4.91. The number of likely N-dealkylation sites (tertiary alicyclic amines) is 1. The molecule has 1 fully saturated rings. The number of aromatic nitrogens is 3. The predicted molar refractivity (Wildman–Crippen MR) is 116 cm³/mol. The number of piperidine rings is 1. The van der Waals surface area contributed by atoms with Crippen LogP contribution in [0.5, 0.6) is 0 Å². The highest BCUT2D eigenvalue weighted by atomic mass is 19.1. The highest BCUT2D eigenvalue weighted by Gasteiger charge is 2.29. The van der Waals surface area contributed by atoms with Crippen LogP contribution in [-0.4, -0.2) is 50.6 Å². The second-order valence-corrected chi connectivity index (χ2v) is 9.34. The highest BCUT2D eigenvalue weighted by molar-refractivity contribution is 5.92. The summed E-state index contributed by atoms with van der Waals surface area (Å²) in [5.41, 5.74) is 0.975. The van der Waals surface area contributed by atoms with Gasteiger partial charge in [-0.05, 0) is 37.0 Å². The van der Waals surface area contributed by atoms with Crippen LogP contribution in [0, 0.1) is 24.1 Å². The van der Waals surface area contributed by atoms with Crippen LogP contribution in [0.15, 0.2) is 24.4 Å². The first-order valence-electron chi connectivity index (χ1n) is 10.8. The van der Waals surface area contributed by atoms with E-state index in [-0.39, 0.29) is 48.1 Å². The molecule has 9 heteroatoms. The lowest BCUT2D eigenvalue weighted by molar-refractivity contribution is -0.127. The fraction of sp³-hybridized carbons (Fsp3) is 0.522.